The highest BCUT2D eigenvalue weighted by Crippen LogP contribution is 2.25. The number of fused-ring (bicyclic) bond motifs is 2. The second-order valence-electron chi connectivity index (χ2n) is 4.89. The molecular formula is C16H14N4S. The van der Waals surface area contributed by atoms with Crippen molar-refractivity contribution >= 4 is 38.3 Å². The minimum atomic E-state index is 0.853. The number of aromatic amines is 1. The molecule has 4 aromatic rings. The van der Waals surface area contributed by atoms with E-state index < -0.39 is 0 Å². The third-order valence-electron chi connectivity index (χ3n) is 3.60. The van der Waals surface area contributed by atoms with Crippen molar-refractivity contribution in [3.63, 3.8) is 0 Å². The number of nitrogens with zero attached hydrogens (tertiary/aromatic N) is 2. The average molecular weight is 294 g/mol. The Morgan fingerprint density at radius 3 is 3.10 bits per heavy atom. The highest BCUT2D eigenvalue weighted by atomic mass is 32.1. The predicted molar refractivity (Wildman–Crippen MR) is 87.9 cm³/mol. The Morgan fingerprint density at radius 1 is 1.14 bits per heavy atom. The third kappa shape index (κ3) is 2.25. The summed E-state index contributed by atoms with van der Waals surface area (Å²) in [5.41, 5.74) is 3.52. The van der Waals surface area contributed by atoms with E-state index in [0.717, 1.165) is 29.0 Å². The van der Waals surface area contributed by atoms with Crippen LogP contribution in [0.2, 0.25) is 0 Å². The molecule has 0 radical (unpaired) electrons. The largest absolute Gasteiger partial charge is 0.368 e. The fourth-order valence-corrected chi connectivity index (χ4v) is 3.38. The van der Waals surface area contributed by atoms with E-state index in [1.54, 1.807) is 17.7 Å². The first-order valence-electron chi connectivity index (χ1n) is 6.89. The van der Waals surface area contributed by atoms with Gasteiger partial charge in [-0.15, -0.1) is 11.3 Å². The Labute approximate surface area is 125 Å². The first-order chi connectivity index (χ1) is 10.4. The topological polar surface area (TPSA) is 53.6 Å². The van der Waals surface area contributed by atoms with Crippen molar-refractivity contribution in [1.82, 2.24) is 15.0 Å². The maximum Gasteiger partial charge on any atom is 0.147 e. The summed E-state index contributed by atoms with van der Waals surface area (Å²) in [6.07, 6.45) is 4.66. The van der Waals surface area contributed by atoms with E-state index in [1.165, 1.54) is 16.5 Å². The number of para-hydroxylation sites is 1. The molecule has 4 rings (SSSR count). The quantitative estimate of drug-likeness (QED) is 0.601. The van der Waals surface area contributed by atoms with Crippen LogP contribution in [-0.2, 0) is 6.42 Å². The highest BCUT2D eigenvalue weighted by Gasteiger charge is 2.06. The van der Waals surface area contributed by atoms with E-state index in [-0.39, 0.29) is 0 Å². The standard InChI is InChI=1S/C16H14N4S/c1-2-4-13-12(3-1)11(9-18-13)5-7-17-16-15-14(6-8-21-15)19-10-20-16/h1-4,6,8-10,18H,5,7H2,(H,17,19,20). The van der Waals surface area contributed by atoms with E-state index in [2.05, 4.69) is 50.7 Å². The van der Waals surface area contributed by atoms with Gasteiger partial charge in [-0.25, -0.2) is 9.97 Å². The molecule has 0 unspecified atom stereocenters. The minimum absolute atomic E-state index is 0.853. The summed E-state index contributed by atoms with van der Waals surface area (Å²) in [5, 5.41) is 6.76. The fraction of sp³-hybridized carbons (Fsp3) is 0.125. The number of thiophene rings is 1. The van der Waals surface area contributed by atoms with Crippen LogP contribution in [0.5, 0.6) is 0 Å². The summed E-state index contributed by atoms with van der Waals surface area (Å²) in [6, 6.07) is 10.4. The fourth-order valence-electron chi connectivity index (χ4n) is 2.57. The molecule has 0 atom stereocenters. The summed E-state index contributed by atoms with van der Waals surface area (Å²) in [7, 11) is 0. The van der Waals surface area contributed by atoms with Crippen LogP contribution in [0.4, 0.5) is 5.82 Å². The van der Waals surface area contributed by atoms with Gasteiger partial charge in [0.1, 0.15) is 12.1 Å². The van der Waals surface area contributed by atoms with Gasteiger partial charge < -0.3 is 10.3 Å². The Bertz CT molecular complexity index is 893. The van der Waals surface area contributed by atoms with E-state index in [9.17, 15) is 0 Å². The number of aromatic nitrogens is 3. The zero-order valence-electron chi connectivity index (χ0n) is 11.3. The Hall–Kier alpha value is -2.40. The first-order valence-corrected chi connectivity index (χ1v) is 7.77. The van der Waals surface area contributed by atoms with Crippen molar-refractivity contribution in [2.45, 2.75) is 6.42 Å². The molecule has 0 saturated carbocycles. The molecule has 0 fully saturated rings. The zero-order valence-corrected chi connectivity index (χ0v) is 12.2. The number of hydrogen-bond donors (Lipinski definition) is 2. The third-order valence-corrected chi connectivity index (χ3v) is 4.52. The van der Waals surface area contributed by atoms with Crippen molar-refractivity contribution in [1.29, 1.82) is 0 Å². The van der Waals surface area contributed by atoms with Crippen molar-refractivity contribution in [2.75, 3.05) is 11.9 Å². The van der Waals surface area contributed by atoms with Crippen LogP contribution in [0.15, 0.2) is 48.2 Å². The monoisotopic (exact) mass is 294 g/mol. The van der Waals surface area contributed by atoms with Gasteiger partial charge in [0.2, 0.25) is 0 Å². The maximum atomic E-state index is 4.34. The zero-order chi connectivity index (χ0) is 14.1. The molecule has 4 nitrogen and oxygen atoms in total. The van der Waals surface area contributed by atoms with Crippen molar-refractivity contribution in [2.24, 2.45) is 0 Å². The lowest BCUT2D eigenvalue weighted by molar-refractivity contribution is 1.01. The molecule has 104 valence electrons. The number of anilines is 1. The first kappa shape index (κ1) is 12.3. The molecule has 0 aliphatic carbocycles. The molecule has 0 aliphatic rings. The molecule has 0 amide bonds. The lowest BCUT2D eigenvalue weighted by Gasteiger charge is -2.05. The van der Waals surface area contributed by atoms with E-state index in [4.69, 9.17) is 0 Å². The molecule has 1 aromatic carbocycles. The number of nitrogens with one attached hydrogen (secondary N) is 2. The van der Waals surface area contributed by atoms with Gasteiger partial charge in [0, 0.05) is 23.6 Å². The van der Waals surface area contributed by atoms with Gasteiger partial charge in [-0.1, -0.05) is 18.2 Å². The summed E-state index contributed by atoms with van der Waals surface area (Å²) >= 11 is 1.67. The molecule has 5 heteroatoms. The normalized spacial score (nSPS) is 11.2. The summed E-state index contributed by atoms with van der Waals surface area (Å²) in [4.78, 5) is 11.9. The molecular weight excluding hydrogens is 280 g/mol. The number of hydrogen-bond acceptors (Lipinski definition) is 4. The van der Waals surface area contributed by atoms with Crippen LogP contribution in [-0.4, -0.2) is 21.5 Å². The van der Waals surface area contributed by atoms with E-state index in [0.29, 0.717) is 0 Å². The van der Waals surface area contributed by atoms with Crippen LogP contribution >= 0.6 is 11.3 Å². The van der Waals surface area contributed by atoms with Gasteiger partial charge in [-0.2, -0.15) is 0 Å². The molecule has 0 spiro atoms. The number of H-pyrrole nitrogens is 1. The average Bonchev–Trinajstić information content (AvgIpc) is 3.15. The van der Waals surface area contributed by atoms with E-state index in [1.807, 2.05) is 11.4 Å². The highest BCUT2D eigenvalue weighted by molar-refractivity contribution is 7.17. The minimum Gasteiger partial charge on any atom is -0.368 e. The van der Waals surface area contributed by atoms with Crippen LogP contribution in [0, 0.1) is 0 Å². The molecule has 0 bridgehead atoms. The van der Waals surface area contributed by atoms with Gasteiger partial charge >= 0.3 is 0 Å². The van der Waals surface area contributed by atoms with Crippen LogP contribution in [0.1, 0.15) is 5.56 Å². The Morgan fingerprint density at radius 2 is 2.10 bits per heavy atom. The molecule has 0 aliphatic heterocycles. The number of rotatable bonds is 4. The lowest BCUT2D eigenvalue weighted by atomic mass is 10.1. The molecule has 3 aromatic heterocycles. The summed E-state index contributed by atoms with van der Waals surface area (Å²) in [5.74, 6) is 0.926. The van der Waals surface area contributed by atoms with Crippen molar-refractivity contribution in [3.05, 3.63) is 53.8 Å². The van der Waals surface area contributed by atoms with Gasteiger partial charge in [-0.05, 0) is 29.5 Å². The smallest absolute Gasteiger partial charge is 0.147 e. The Balaban J connectivity index is 1.51. The van der Waals surface area contributed by atoms with Crippen LogP contribution < -0.4 is 5.32 Å². The van der Waals surface area contributed by atoms with Crippen LogP contribution in [0.25, 0.3) is 21.1 Å². The molecule has 3 heterocycles. The van der Waals surface area contributed by atoms with Gasteiger partial charge in [0.05, 0.1) is 10.2 Å². The summed E-state index contributed by atoms with van der Waals surface area (Å²) < 4.78 is 1.12. The van der Waals surface area contributed by atoms with Crippen LogP contribution in [0.3, 0.4) is 0 Å². The predicted octanol–water partition coefficient (Wildman–Crippen LogP) is 3.83. The second-order valence-corrected chi connectivity index (χ2v) is 5.81. The molecule has 0 saturated heterocycles. The van der Waals surface area contributed by atoms with Crippen molar-refractivity contribution < 1.29 is 0 Å². The lowest BCUT2D eigenvalue weighted by Crippen LogP contribution is -2.06. The Kier molecular flexibility index (Phi) is 3.05. The second kappa shape index (κ2) is 5.18. The molecule has 21 heavy (non-hydrogen) atoms. The van der Waals surface area contributed by atoms with Gasteiger partial charge in [0.25, 0.3) is 0 Å². The number of benzene rings is 1. The molecule has 2 N–H and O–H groups in total. The maximum absolute atomic E-state index is 4.34. The van der Waals surface area contributed by atoms with Gasteiger partial charge in [0.15, 0.2) is 0 Å². The SMILES string of the molecule is c1ccc2c(CCNc3ncnc4ccsc34)c[nH]c2c1. The van der Waals surface area contributed by atoms with E-state index >= 15 is 0 Å². The summed E-state index contributed by atoms with van der Waals surface area (Å²) in [6.45, 7) is 0.853. The van der Waals surface area contributed by atoms with Gasteiger partial charge in [-0.3, -0.25) is 0 Å². The van der Waals surface area contributed by atoms with Crippen molar-refractivity contribution in [3.8, 4) is 0 Å².